The average molecular weight is 297 g/mol. The van der Waals surface area contributed by atoms with Crippen LogP contribution in [0.5, 0.6) is 5.75 Å². The van der Waals surface area contributed by atoms with Crippen LogP contribution in [0.15, 0.2) is 41.5 Å². The molecule has 0 aliphatic carbocycles. The van der Waals surface area contributed by atoms with Crippen LogP contribution >= 0.6 is 11.6 Å². The van der Waals surface area contributed by atoms with E-state index in [4.69, 9.17) is 22.2 Å². The largest absolute Gasteiger partial charge is 0.488 e. The van der Waals surface area contributed by atoms with Gasteiger partial charge in [0, 0.05) is 22.2 Å². The molecule has 0 unspecified atom stereocenters. The molecule has 0 saturated carbocycles. The number of rotatable bonds is 4. The summed E-state index contributed by atoms with van der Waals surface area (Å²) in [5, 5.41) is 3.90. The summed E-state index contributed by atoms with van der Waals surface area (Å²) in [7, 11) is 0. The Labute approximate surface area is 119 Å². The summed E-state index contributed by atoms with van der Waals surface area (Å²) in [6, 6.07) is 8.19. The third-order valence-corrected chi connectivity index (χ3v) is 2.82. The van der Waals surface area contributed by atoms with Crippen LogP contribution < -0.4 is 10.6 Å². The first-order valence-electron chi connectivity index (χ1n) is 5.69. The molecule has 0 atom stereocenters. The van der Waals surface area contributed by atoms with Crippen molar-refractivity contribution in [2.75, 3.05) is 0 Å². The molecule has 0 saturated heterocycles. The van der Waals surface area contributed by atoms with Crippen molar-refractivity contribution < 1.29 is 13.5 Å². The number of nitrogens with two attached hydrogens (primary N) is 1. The van der Waals surface area contributed by atoms with Crippen LogP contribution in [-0.2, 0) is 6.61 Å². The van der Waals surface area contributed by atoms with Crippen molar-refractivity contribution in [2.24, 2.45) is 10.9 Å². The van der Waals surface area contributed by atoms with Gasteiger partial charge in [-0.2, -0.15) is 5.10 Å². The van der Waals surface area contributed by atoms with Gasteiger partial charge in [-0.15, -0.1) is 0 Å². The summed E-state index contributed by atoms with van der Waals surface area (Å²) in [5.74, 6) is 4.26. The van der Waals surface area contributed by atoms with Gasteiger partial charge in [-0.05, 0) is 30.3 Å². The molecule has 0 aliphatic rings. The van der Waals surface area contributed by atoms with E-state index < -0.39 is 11.6 Å². The Morgan fingerprint density at radius 2 is 2.00 bits per heavy atom. The second-order valence-electron chi connectivity index (χ2n) is 3.98. The summed E-state index contributed by atoms with van der Waals surface area (Å²) in [5.41, 5.74) is 0.819. The minimum Gasteiger partial charge on any atom is -0.488 e. The molecule has 0 heterocycles. The lowest BCUT2D eigenvalue weighted by Gasteiger charge is -2.10. The van der Waals surface area contributed by atoms with E-state index in [9.17, 15) is 8.78 Å². The van der Waals surface area contributed by atoms with Gasteiger partial charge in [0.1, 0.15) is 24.0 Å². The van der Waals surface area contributed by atoms with E-state index in [1.165, 1.54) is 18.3 Å². The van der Waals surface area contributed by atoms with Gasteiger partial charge < -0.3 is 10.6 Å². The Kier molecular flexibility index (Phi) is 4.53. The molecule has 0 aromatic heterocycles. The fraction of sp³-hybridized carbons (Fsp3) is 0.0714. The SMILES string of the molecule is NN=Cc1cc(Cl)ccc1OCc1ccc(F)cc1F. The summed E-state index contributed by atoms with van der Waals surface area (Å²) in [4.78, 5) is 0. The van der Waals surface area contributed by atoms with Crippen LogP contribution in [0.2, 0.25) is 5.02 Å². The maximum absolute atomic E-state index is 13.5. The quantitative estimate of drug-likeness (QED) is 0.533. The predicted molar refractivity (Wildman–Crippen MR) is 73.9 cm³/mol. The highest BCUT2D eigenvalue weighted by molar-refractivity contribution is 6.30. The zero-order chi connectivity index (χ0) is 14.5. The smallest absolute Gasteiger partial charge is 0.132 e. The standard InChI is InChI=1S/C14H11ClF2N2O/c15-11-2-4-14(10(5-11)7-19-18)20-8-9-1-3-12(16)6-13(9)17/h1-7H,8,18H2. The van der Waals surface area contributed by atoms with E-state index in [2.05, 4.69) is 5.10 Å². The minimum absolute atomic E-state index is 0.0425. The molecule has 0 amide bonds. The topological polar surface area (TPSA) is 47.6 Å². The molecule has 0 spiro atoms. The van der Waals surface area contributed by atoms with Gasteiger partial charge in [-0.1, -0.05) is 11.6 Å². The molecule has 6 heteroatoms. The van der Waals surface area contributed by atoms with Gasteiger partial charge in [0.2, 0.25) is 0 Å². The number of benzene rings is 2. The van der Waals surface area contributed by atoms with E-state index in [0.717, 1.165) is 6.07 Å². The first kappa shape index (κ1) is 14.3. The molecular formula is C14H11ClF2N2O. The fourth-order valence-electron chi connectivity index (χ4n) is 1.63. The lowest BCUT2D eigenvalue weighted by Crippen LogP contribution is -2.01. The van der Waals surface area contributed by atoms with Crippen molar-refractivity contribution in [3.63, 3.8) is 0 Å². The Bertz CT molecular complexity index is 647. The van der Waals surface area contributed by atoms with E-state index in [1.54, 1.807) is 18.2 Å². The molecule has 3 nitrogen and oxygen atoms in total. The van der Waals surface area contributed by atoms with Gasteiger partial charge in [0.15, 0.2) is 0 Å². The van der Waals surface area contributed by atoms with Crippen molar-refractivity contribution in [2.45, 2.75) is 6.61 Å². The van der Waals surface area contributed by atoms with Crippen LogP contribution in [-0.4, -0.2) is 6.21 Å². The Morgan fingerprint density at radius 3 is 2.70 bits per heavy atom. The minimum atomic E-state index is -0.659. The summed E-state index contributed by atoms with van der Waals surface area (Å²) >= 11 is 5.85. The van der Waals surface area contributed by atoms with Crippen molar-refractivity contribution in [1.82, 2.24) is 0 Å². The number of nitrogens with zero attached hydrogens (tertiary/aromatic N) is 1. The van der Waals surface area contributed by atoms with Gasteiger partial charge in [0.05, 0.1) is 6.21 Å². The van der Waals surface area contributed by atoms with E-state index >= 15 is 0 Å². The van der Waals surface area contributed by atoms with Gasteiger partial charge in [-0.25, -0.2) is 8.78 Å². The summed E-state index contributed by atoms with van der Waals surface area (Å²) in [6.07, 6.45) is 1.38. The fourth-order valence-corrected chi connectivity index (χ4v) is 1.81. The normalized spacial score (nSPS) is 10.9. The summed E-state index contributed by atoms with van der Waals surface area (Å²) in [6.45, 7) is -0.0425. The van der Waals surface area contributed by atoms with E-state index in [-0.39, 0.29) is 12.2 Å². The van der Waals surface area contributed by atoms with Gasteiger partial charge in [-0.3, -0.25) is 0 Å². The van der Waals surface area contributed by atoms with Crippen LogP contribution in [0.1, 0.15) is 11.1 Å². The molecule has 2 rings (SSSR count). The average Bonchev–Trinajstić information content (AvgIpc) is 2.40. The van der Waals surface area contributed by atoms with Crippen LogP contribution in [0, 0.1) is 11.6 Å². The lowest BCUT2D eigenvalue weighted by molar-refractivity contribution is 0.299. The molecule has 0 fully saturated rings. The van der Waals surface area contributed by atoms with Crippen LogP contribution in [0.4, 0.5) is 8.78 Å². The Hall–Kier alpha value is -2.14. The number of hydrogen-bond donors (Lipinski definition) is 1. The van der Waals surface area contributed by atoms with Crippen LogP contribution in [0.3, 0.4) is 0 Å². The zero-order valence-electron chi connectivity index (χ0n) is 10.3. The molecule has 2 aromatic rings. The molecular weight excluding hydrogens is 286 g/mol. The Balaban J connectivity index is 2.18. The van der Waals surface area contributed by atoms with Gasteiger partial charge >= 0.3 is 0 Å². The van der Waals surface area contributed by atoms with E-state index in [0.29, 0.717) is 16.3 Å². The first-order valence-corrected chi connectivity index (χ1v) is 6.07. The second-order valence-corrected chi connectivity index (χ2v) is 4.42. The van der Waals surface area contributed by atoms with Crippen molar-refractivity contribution in [1.29, 1.82) is 0 Å². The predicted octanol–water partition coefficient (Wildman–Crippen LogP) is 3.49. The zero-order valence-corrected chi connectivity index (χ0v) is 11.1. The third-order valence-electron chi connectivity index (χ3n) is 2.58. The number of ether oxygens (including phenoxy) is 1. The van der Waals surface area contributed by atoms with Crippen LogP contribution in [0.25, 0.3) is 0 Å². The molecule has 20 heavy (non-hydrogen) atoms. The molecule has 2 N–H and O–H groups in total. The van der Waals surface area contributed by atoms with Gasteiger partial charge in [0.25, 0.3) is 0 Å². The number of hydrazone groups is 1. The maximum Gasteiger partial charge on any atom is 0.132 e. The number of hydrogen-bond acceptors (Lipinski definition) is 3. The molecule has 104 valence electrons. The molecule has 2 aromatic carbocycles. The molecule has 0 radical (unpaired) electrons. The van der Waals surface area contributed by atoms with E-state index in [1.807, 2.05) is 0 Å². The third kappa shape index (κ3) is 3.45. The van der Waals surface area contributed by atoms with Crippen molar-refractivity contribution >= 4 is 17.8 Å². The van der Waals surface area contributed by atoms with Crippen molar-refractivity contribution in [3.8, 4) is 5.75 Å². The van der Waals surface area contributed by atoms with Crippen molar-refractivity contribution in [3.05, 3.63) is 64.2 Å². The Morgan fingerprint density at radius 1 is 1.20 bits per heavy atom. The molecule has 0 aliphatic heterocycles. The monoisotopic (exact) mass is 296 g/mol. The summed E-state index contributed by atoms with van der Waals surface area (Å²) < 4.78 is 31.8. The maximum atomic E-state index is 13.5. The second kappa shape index (κ2) is 6.34. The highest BCUT2D eigenvalue weighted by Crippen LogP contribution is 2.23. The highest BCUT2D eigenvalue weighted by atomic mass is 35.5. The number of halogens is 3. The first-order chi connectivity index (χ1) is 9.60. The molecule has 0 bridgehead atoms. The highest BCUT2D eigenvalue weighted by Gasteiger charge is 2.07. The lowest BCUT2D eigenvalue weighted by atomic mass is 10.2.